The number of rotatable bonds is 4. The fourth-order valence-corrected chi connectivity index (χ4v) is 1.53. The van der Waals surface area contributed by atoms with Gasteiger partial charge in [0, 0.05) is 12.7 Å². The number of methoxy groups -OCH3 is 1. The first-order valence-corrected chi connectivity index (χ1v) is 4.94. The molecule has 0 N–H and O–H groups in total. The summed E-state index contributed by atoms with van der Waals surface area (Å²) in [5, 5.41) is 2.06. The number of ether oxygens (including phenoxy) is 2. The minimum absolute atomic E-state index is 0.234. The van der Waals surface area contributed by atoms with Crippen molar-refractivity contribution in [1.29, 1.82) is 0 Å². The van der Waals surface area contributed by atoms with E-state index in [4.69, 9.17) is 9.47 Å². The first-order valence-electron chi connectivity index (χ1n) is 4.94. The molecule has 0 aliphatic carbocycles. The summed E-state index contributed by atoms with van der Waals surface area (Å²) in [5.74, 6) is 0.758. The van der Waals surface area contributed by atoms with Crippen molar-refractivity contribution in [3.8, 4) is 5.75 Å². The minimum atomic E-state index is 0.234. The van der Waals surface area contributed by atoms with Gasteiger partial charge in [0.2, 0.25) is 0 Å². The predicted molar refractivity (Wildman–Crippen MR) is 61.8 cm³/mol. The maximum atomic E-state index is 10.6. The van der Waals surface area contributed by atoms with Gasteiger partial charge in [0.1, 0.15) is 12.0 Å². The van der Waals surface area contributed by atoms with Crippen LogP contribution in [-0.4, -0.2) is 20.2 Å². The van der Waals surface area contributed by atoms with Crippen LogP contribution in [0.25, 0.3) is 10.8 Å². The van der Waals surface area contributed by atoms with Crippen molar-refractivity contribution in [2.75, 3.05) is 13.9 Å². The Bertz CT molecular complexity index is 506. The summed E-state index contributed by atoms with van der Waals surface area (Å²) < 4.78 is 10.2. The molecule has 0 aromatic heterocycles. The monoisotopic (exact) mass is 216 g/mol. The Hall–Kier alpha value is -1.87. The van der Waals surface area contributed by atoms with Crippen LogP contribution in [0.2, 0.25) is 0 Å². The third-order valence-electron chi connectivity index (χ3n) is 2.32. The molecule has 0 saturated heterocycles. The fraction of sp³-hybridized carbons (Fsp3) is 0.154. The zero-order chi connectivity index (χ0) is 11.4. The second kappa shape index (κ2) is 4.77. The minimum Gasteiger partial charge on any atom is -0.468 e. The van der Waals surface area contributed by atoms with Crippen molar-refractivity contribution in [1.82, 2.24) is 0 Å². The molecule has 0 unspecified atom stereocenters. The highest BCUT2D eigenvalue weighted by Crippen LogP contribution is 2.21. The number of carbonyl (C=O) groups is 1. The van der Waals surface area contributed by atoms with Crippen molar-refractivity contribution in [2.45, 2.75) is 0 Å². The van der Waals surface area contributed by atoms with Crippen LogP contribution in [0.4, 0.5) is 0 Å². The second-order valence-electron chi connectivity index (χ2n) is 3.44. The van der Waals surface area contributed by atoms with E-state index in [2.05, 4.69) is 0 Å². The van der Waals surface area contributed by atoms with Crippen molar-refractivity contribution >= 4 is 17.1 Å². The number of aldehydes is 1. The standard InChI is InChI=1S/C13H12O3/c1-15-9-16-13-5-4-11-6-10(8-14)2-3-12(11)7-13/h2-8H,9H2,1H3. The largest absolute Gasteiger partial charge is 0.468 e. The molecule has 0 heterocycles. The maximum absolute atomic E-state index is 10.6. The summed E-state index contributed by atoms with van der Waals surface area (Å²) in [7, 11) is 1.58. The van der Waals surface area contributed by atoms with E-state index in [1.54, 1.807) is 13.2 Å². The van der Waals surface area contributed by atoms with Gasteiger partial charge in [-0.2, -0.15) is 0 Å². The molecule has 3 heteroatoms. The zero-order valence-electron chi connectivity index (χ0n) is 8.97. The van der Waals surface area contributed by atoms with Crippen molar-refractivity contribution in [3.63, 3.8) is 0 Å². The lowest BCUT2D eigenvalue weighted by atomic mass is 10.1. The molecular weight excluding hydrogens is 204 g/mol. The molecule has 0 amide bonds. The van der Waals surface area contributed by atoms with E-state index in [0.717, 1.165) is 22.8 Å². The molecule has 3 nitrogen and oxygen atoms in total. The lowest BCUT2D eigenvalue weighted by Crippen LogP contribution is -1.98. The van der Waals surface area contributed by atoms with E-state index < -0.39 is 0 Å². The molecule has 0 aliphatic heterocycles. The zero-order valence-corrected chi connectivity index (χ0v) is 8.97. The van der Waals surface area contributed by atoms with Gasteiger partial charge in [0.25, 0.3) is 0 Å². The van der Waals surface area contributed by atoms with E-state index in [9.17, 15) is 4.79 Å². The molecule has 0 spiro atoms. The number of fused-ring (bicyclic) bond motifs is 1. The van der Waals surface area contributed by atoms with Crippen molar-refractivity contribution < 1.29 is 14.3 Å². The molecule has 0 atom stereocenters. The van der Waals surface area contributed by atoms with Crippen LogP contribution in [0.3, 0.4) is 0 Å². The lowest BCUT2D eigenvalue weighted by Gasteiger charge is -2.06. The van der Waals surface area contributed by atoms with Crippen molar-refractivity contribution in [3.05, 3.63) is 42.0 Å². The van der Waals surface area contributed by atoms with E-state index in [0.29, 0.717) is 5.56 Å². The fourth-order valence-electron chi connectivity index (χ4n) is 1.53. The summed E-state index contributed by atoms with van der Waals surface area (Å²) in [6, 6.07) is 11.2. The Kier molecular flexibility index (Phi) is 3.17. The third-order valence-corrected chi connectivity index (χ3v) is 2.32. The highest BCUT2D eigenvalue weighted by molar-refractivity contribution is 5.89. The molecule has 2 rings (SSSR count). The van der Waals surface area contributed by atoms with Gasteiger partial charge in [0.15, 0.2) is 6.79 Å². The molecule has 82 valence electrons. The number of hydrogen-bond donors (Lipinski definition) is 0. The highest BCUT2D eigenvalue weighted by Gasteiger charge is 1.98. The summed E-state index contributed by atoms with van der Waals surface area (Å²) in [5.41, 5.74) is 0.679. The van der Waals surface area contributed by atoms with E-state index in [-0.39, 0.29) is 6.79 Å². The number of carbonyl (C=O) groups excluding carboxylic acids is 1. The quantitative estimate of drug-likeness (QED) is 0.582. The average molecular weight is 216 g/mol. The van der Waals surface area contributed by atoms with Crippen LogP contribution in [0.15, 0.2) is 36.4 Å². The van der Waals surface area contributed by atoms with Crippen LogP contribution in [0, 0.1) is 0 Å². The summed E-state index contributed by atoms with van der Waals surface area (Å²) in [6.07, 6.45) is 0.842. The van der Waals surface area contributed by atoms with Crippen molar-refractivity contribution in [2.24, 2.45) is 0 Å². The van der Waals surface area contributed by atoms with E-state index in [1.807, 2.05) is 30.3 Å². The van der Waals surface area contributed by atoms with Crippen LogP contribution in [0.5, 0.6) is 5.75 Å². The number of benzene rings is 2. The van der Waals surface area contributed by atoms with Crippen LogP contribution >= 0.6 is 0 Å². The third kappa shape index (κ3) is 2.20. The number of hydrogen-bond acceptors (Lipinski definition) is 3. The molecule has 2 aromatic rings. The lowest BCUT2D eigenvalue weighted by molar-refractivity contribution is 0.0512. The van der Waals surface area contributed by atoms with Crippen LogP contribution < -0.4 is 4.74 Å². The Morgan fingerprint density at radius 1 is 1.12 bits per heavy atom. The second-order valence-corrected chi connectivity index (χ2v) is 3.44. The van der Waals surface area contributed by atoms with Gasteiger partial charge in [-0.05, 0) is 29.0 Å². The highest BCUT2D eigenvalue weighted by atomic mass is 16.7. The Morgan fingerprint density at radius 3 is 2.62 bits per heavy atom. The Labute approximate surface area is 93.6 Å². The summed E-state index contributed by atoms with van der Waals surface area (Å²) >= 11 is 0. The topological polar surface area (TPSA) is 35.5 Å². The van der Waals surface area contributed by atoms with E-state index in [1.165, 1.54) is 0 Å². The molecule has 0 radical (unpaired) electrons. The average Bonchev–Trinajstić information content (AvgIpc) is 2.35. The van der Waals surface area contributed by atoms with Gasteiger partial charge in [-0.15, -0.1) is 0 Å². The molecular formula is C13H12O3. The molecule has 0 fully saturated rings. The molecule has 16 heavy (non-hydrogen) atoms. The molecule has 0 aliphatic rings. The first kappa shape index (κ1) is 10.6. The summed E-state index contributed by atoms with van der Waals surface area (Å²) in [4.78, 5) is 10.6. The Morgan fingerprint density at radius 2 is 1.88 bits per heavy atom. The normalized spacial score (nSPS) is 10.3. The van der Waals surface area contributed by atoms with Gasteiger partial charge in [0.05, 0.1) is 0 Å². The van der Waals surface area contributed by atoms with Gasteiger partial charge >= 0.3 is 0 Å². The SMILES string of the molecule is COCOc1ccc2cc(C=O)ccc2c1. The van der Waals surface area contributed by atoms with Gasteiger partial charge in [-0.3, -0.25) is 4.79 Å². The van der Waals surface area contributed by atoms with Crippen LogP contribution in [-0.2, 0) is 4.74 Å². The molecule has 0 saturated carbocycles. The van der Waals surface area contributed by atoms with Gasteiger partial charge in [-0.25, -0.2) is 0 Å². The smallest absolute Gasteiger partial charge is 0.188 e. The maximum Gasteiger partial charge on any atom is 0.188 e. The molecule has 0 bridgehead atoms. The first-order chi connectivity index (χ1) is 7.83. The Balaban J connectivity index is 2.35. The predicted octanol–water partition coefficient (Wildman–Crippen LogP) is 2.64. The van der Waals surface area contributed by atoms with Gasteiger partial charge < -0.3 is 9.47 Å². The molecule has 2 aromatic carbocycles. The van der Waals surface area contributed by atoms with Crippen LogP contribution in [0.1, 0.15) is 10.4 Å². The van der Waals surface area contributed by atoms with Gasteiger partial charge in [-0.1, -0.05) is 18.2 Å². The van der Waals surface area contributed by atoms with E-state index >= 15 is 0 Å². The summed E-state index contributed by atoms with van der Waals surface area (Å²) in [6.45, 7) is 0.234.